The van der Waals surface area contributed by atoms with E-state index in [-0.39, 0.29) is 12.2 Å². The fourth-order valence-electron chi connectivity index (χ4n) is 2.29. The van der Waals surface area contributed by atoms with Crippen LogP contribution in [-0.4, -0.2) is 16.5 Å². The summed E-state index contributed by atoms with van der Waals surface area (Å²) in [5.41, 5.74) is 2.10. The summed E-state index contributed by atoms with van der Waals surface area (Å²) in [6.45, 7) is 7.41. The number of Topliss-reactive ketones (excluding diaryl/α,β-unsaturated/α-hetero) is 1. The third kappa shape index (κ3) is 3.67. The minimum Gasteiger partial charge on any atom is -0.382 e. The lowest BCUT2D eigenvalue weighted by Crippen LogP contribution is -2.37. The van der Waals surface area contributed by atoms with Crippen LogP contribution in [0.5, 0.6) is 0 Å². The first kappa shape index (κ1) is 15.2. The molecule has 0 heterocycles. The van der Waals surface area contributed by atoms with Gasteiger partial charge in [-0.05, 0) is 25.0 Å². The van der Waals surface area contributed by atoms with Crippen LogP contribution in [0.4, 0.5) is 0 Å². The van der Waals surface area contributed by atoms with Gasteiger partial charge in [0.05, 0.1) is 0 Å². The SMILES string of the molecule is C=C(C)c1ccc(CC(C)(O)C(=O)c2ccccc2)cc1. The van der Waals surface area contributed by atoms with Crippen molar-refractivity contribution in [1.82, 2.24) is 0 Å². The number of ketones is 1. The Hall–Kier alpha value is -2.19. The lowest BCUT2D eigenvalue weighted by molar-refractivity contribution is 0.0409. The van der Waals surface area contributed by atoms with Crippen LogP contribution < -0.4 is 0 Å². The highest BCUT2D eigenvalue weighted by Crippen LogP contribution is 2.20. The molecule has 0 saturated heterocycles. The molecule has 0 aromatic heterocycles. The van der Waals surface area contributed by atoms with E-state index in [2.05, 4.69) is 6.58 Å². The maximum atomic E-state index is 12.4. The quantitative estimate of drug-likeness (QED) is 0.843. The zero-order chi connectivity index (χ0) is 15.5. The average molecular weight is 280 g/mol. The van der Waals surface area contributed by atoms with Crippen molar-refractivity contribution >= 4 is 11.4 Å². The van der Waals surface area contributed by atoms with E-state index in [0.29, 0.717) is 5.56 Å². The van der Waals surface area contributed by atoms with Gasteiger partial charge in [-0.1, -0.05) is 66.7 Å². The third-order valence-corrected chi connectivity index (χ3v) is 3.52. The zero-order valence-electron chi connectivity index (χ0n) is 12.5. The maximum Gasteiger partial charge on any atom is 0.194 e. The van der Waals surface area contributed by atoms with E-state index in [4.69, 9.17) is 0 Å². The van der Waals surface area contributed by atoms with E-state index in [1.165, 1.54) is 0 Å². The molecule has 0 radical (unpaired) electrons. The van der Waals surface area contributed by atoms with Gasteiger partial charge in [0.15, 0.2) is 5.78 Å². The Kier molecular flexibility index (Phi) is 4.39. The highest BCUT2D eigenvalue weighted by molar-refractivity contribution is 6.02. The second-order valence-corrected chi connectivity index (χ2v) is 5.62. The Morgan fingerprint density at radius 2 is 1.62 bits per heavy atom. The van der Waals surface area contributed by atoms with E-state index in [0.717, 1.165) is 16.7 Å². The Labute approximate surface area is 125 Å². The Bertz CT molecular complexity index is 637. The van der Waals surface area contributed by atoms with Gasteiger partial charge in [0.25, 0.3) is 0 Å². The molecule has 0 spiro atoms. The molecular formula is C19H20O2. The van der Waals surface area contributed by atoms with Gasteiger partial charge in [-0.15, -0.1) is 0 Å². The molecule has 0 saturated carbocycles. The van der Waals surface area contributed by atoms with Gasteiger partial charge < -0.3 is 5.11 Å². The summed E-state index contributed by atoms with van der Waals surface area (Å²) in [4.78, 5) is 12.4. The maximum absolute atomic E-state index is 12.4. The van der Waals surface area contributed by atoms with Gasteiger partial charge in [-0.3, -0.25) is 4.79 Å². The van der Waals surface area contributed by atoms with Crippen molar-refractivity contribution in [3.8, 4) is 0 Å². The van der Waals surface area contributed by atoms with Gasteiger partial charge in [0.2, 0.25) is 0 Å². The number of rotatable bonds is 5. The van der Waals surface area contributed by atoms with Gasteiger partial charge in [-0.25, -0.2) is 0 Å². The van der Waals surface area contributed by atoms with Crippen molar-refractivity contribution in [3.63, 3.8) is 0 Å². The smallest absolute Gasteiger partial charge is 0.194 e. The van der Waals surface area contributed by atoms with Crippen LogP contribution in [0.2, 0.25) is 0 Å². The van der Waals surface area contributed by atoms with Crippen molar-refractivity contribution in [2.24, 2.45) is 0 Å². The number of aliphatic hydroxyl groups is 1. The molecule has 21 heavy (non-hydrogen) atoms. The average Bonchev–Trinajstić information content (AvgIpc) is 2.47. The summed E-state index contributed by atoms with van der Waals surface area (Å²) in [6, 6.07) is 16.7. The van der Waals surface area contributed by atoms with Crippen LogP contribution in [0, 0.1) is 0 Å². The molecular weight excluding hydrogens is 260 g/mol. The lowest BCUT2D eigenvalue weighted by atomic mass is 9.88. The van der Waals surface area contributed by atoms with E-state index >= 15 is 0 Å². The van der Waals surface area contributed by atoms with Crippen LogP contribution >= 0.6 is 0 Å². The molecule has 1 unspecified atom stereocenters. The molecule has 0 aliphatic heterocycles. The first-order chi connectivity index (χ1) is 9.90. The minimum absolute atomic E-state index is 0.257. The summed E-state index contributed by atoms with van der Waals surface area (Å²) in [7, 11) is 0. The van der Waals surface area contributed by atoms with Crippen LogP contribution in [0.25, 0.3) is 5.57 Å². The van der Waals surface area contributed by atoms with E-state index in [1.807, 2.05) is 37.3 Å². The van der Waals surface area contributed by atoms with Crippen LogP contribution in [0.15, 0.2) is 61.2 Å². The van der Waals surface area contributed by atoms with Crippen LogP contribution in [0.3, 0.4) is 0 Å². The minimum atomic E-state index is -1.41. The number of hydrogen-bond acceptors (Lipinski definition) is 2. The predicted molar refractivity (Wildman–Crippen MR) is 86.3 cm³/mol. The fraction of sp³-hybridized carbons (Fsp3) is 0.211. The Morgan fingerprint density at radius 3 is 2.14 bits per heavy atom. The molecule has 2 nitrogen and oxygen atoms in total. The summed E-state index contributed by atoms with van der Waals surface area (Å²) >= 11 is 0. The second-order valence-electron chi connectivity index (χ2n) is 5.62. The second kappa shape index (κ2) is 6.06. The Morgan fingerprint density at radius 1 is 1.05 bits per heavy atom. The van der Waals surface area contributed by atoms with Gasteiger partial charge in [0, 0.05) is 12.0 Å². The zero-order valence-corrected chi connectivity index (χ0v) is 12.5. The number of hydrogen-bond donors (Lipinski definition) is 1. The number of benzene rings is 2. The molecule has 2 heteroatoms. The van der Waals surface area contributed by atoms with Crippen molar-refractivity contribution in [1.29, 1.82) is 0 Å². The van der Waals surface area contributed by atoms with Crippen molar-refractivity contribution in [2.45, 2.75) is 25.9 Å². The molecule has 1 atom stereocenters. The molecule has 0 fully saturated rings. The molecule has 0 bridgehead atoms. The molecule has 0 aliphatic carbocycles. The normalized spacial score (nSPS) is 13.5. The van der Waals surface area contributed by atoms with Crippen LogP contribution in [0.1, 0.15) is 35.3 Å². The molecule has 0 aliphatic rings. The largest absolute Gasteiger partial charge is 0.382 e. The summed E-state index contributed by atoms with van der Waals surface area (Å²) < 4.78 is 0. The molecule has 2 aromatic carbocycles. The van der Waals surface area contributed by atoms with Crippen molar-refractivity contribution < 1.29 is 9.90 Å². The topological polar surface area (TPSA) is 37.3 Å². The van der Waals surface area contributed by atoms with Gasteiger partial charge in [0.1, 0.15) is 5.60 Å². The first-order valence-electron chi connectivity index (χ1n) is 6.97. The molecule has 2 rings (SSSR count). The van der Waals surface area contributed by atoms with Gasteiger partial charge >= 0.3 is 0 Å². The van der Waals surface area contributed by atoms with Crippen molar-refractivity contribution in [2.75, 3.05) is 0 Å². The third-order valence-electron chi connectivity index (χ3n) is 3.52. The molecule has 0 amide bonds. The number of allylic oxidation sites excluding steroid dienone is 1. The summed E-state index contributed by atoms with van der Waals surface area (Å²) in [5, 5.41) is 10.5. The number of carbonyl (C=O) groups is 1. The number of carbonyl (C=O) groups excluding carboxylic acids is 1. The monoisotopic (exact) mass is 280 g/mol. The lowest BCUT2D eigenvalue weighted by Gasteiger charge is -2.22. The van der Waals surface area contributed by atoms with E-state index in [1.54, 1.807) is 31.2 Å². The summed E-state index contributed by atoms with van der Waals surface area (Å²) in [5.74, 6) is -0.257. The van der Waals surface area contributed by atoms with Crippen LogP contribution in [-0.2, 0) is 6.42 Å². The Balaban J connectivity index is 2.17. The van der Waals surface area contributed by atoms with Gasteiger partial charge in [-0.2, -0.15) is 0 Å². The fourth-order valence-corrected chi connectivity index (χ4v) is 2.29. The van der Waals surface area contributed by atoms with E-state index in [9.17, 15) is 9.90 Å². The predicted octanol–water partition coefficient (Wildman–Crippen LogP) is 3.90. The molecule has 108 valence electrons. The molecule has 1 N–H and O–H groups in total. The first-order valence-corrected chi connectivity index (χ1v) is 6.97. The van der Waals surface area contributed by atoms with E-state index < -0.39 is 5.60 Å². The van der Waals surface area contributed by atoms with Crippen molar-refractivity contribution in [3.05, 3.63) is 77.9 Å². The summed E-state index contributed by atoms with van der Waals surface area (Å²) in [6.07, 6.45) is 0.289. The standard InChI is InChI=1S/C19H20O2/c1-14(2)16-11-9-15(10-12-16)13-19(3,21)18(20)17-7-5-4-6-8-17/h4-12,21H,1,13H2,2-3H3. The molecule has 2 aromatic rings. The highest BCUT2D eigenvalue weighted by Gasteiger charge is 2.31. The highest BCUT2D eigenvalue weighted by atomic mass is 16.3.